The SMILES string of the molecule is CCCC(NC(=O)c1ccc(N(C)C)nn1)C(=O)Nc1cccc(N2CCCC2)c1. The molecule has 8 nitrogen and oxygen atoms in total. The summed E-state index contributed by atoms with van der Waals surface area (Å²) in [5, 5.41) is 13.7. The van der Waals surface area contributed by atoms with Crippen molar-refractivity contribution in [2.45, 2.75) is 38.6 Å². The molecule has 1 aliphatic rings. The van der Waals surface area contributed by atoms with Gasteiger partial charge < -0.3 is 20.4 Å². The summed E-state index contributed by atoms with van der Waals surface area (Å²) in [6.07, 6.45) is 3.68. The van der Waals surface area contributed by atoms with Crippen molar-refractivity contribution >= 4 is 29.0 Å². The number of rotatable bonds is 8. The van der Waals surface area contributed by atoms with Gasteiger partial charge in [0.25, 0.3) is 5.91 Å². The molecule has 1 aromatic carbocycles. The Kier molecular flexibility index (Phi) is 7.21. The van der Waals surface area contributed by atoms with Crippen molar-refractivity contribution in [3.8, 4) is 0 Å². The Morgan fingerprint density at radius 1 is 1.13 bits per heavy atom. The summed E-state index contributed by atoms with van der Waals surface area (Å²) in [6.45, 7) is 4.06. The number of nitrogens with one attached hydrogen (secondary N) is 2. The third-order valence-electron chi connectivity index (χ3n) is 5.13. The monoisotopic (exact) mass is 410 g/mol. The van der Waals surface area contributed by atoms with Crippen LogP contribution in [0.25, 0.3) is 0 Å². The smallest absolute Gasteiger partial charge is 0.272 e. The molecule has 160 valence electrons. The number of benzene rings is 1. The molecule has 1 aromatic heterocycles. The van der Waals surface area contributed by atoms with Gasteiger partial charge in [0.1, 0.15) is 6.04 Å². The number of hydrogen-bond donors (Lipinski definition) is 2. The fraction of sp³-hybridized carbons (Fsp3) is 0.455. The van der Waals surface area contributed by atoms with Gasteiger partial charge in [0.2, 0.25) is 5.91 Å². The Morgan fingerprint density at radius 3 is 2.53 bits per heavy atom. The van der Waals surface area contributed by atoms with Gasteiger partial charge in [-0.2, -0.15) is 0 Å². The topological polar surface area (TPSA) is 90.5 Å². The van der Waals surface area contributed by atoms with Crippen LogP contribution < -0.4 is 20.4 Å². The molecule has 1 unspecified atom stereocenters. The fourth-order valence-electron chi connectivity index (χ4n) is 3.46. The molecule has 2 heterocycles. The normalized spacial score (nSPS) is 14.3. The van der Waals surface area contributed by atoms with Crippen LogP contribution in [0, 0.1) is 0 Å². The lowest BCUT2D eigenvalue weighted by Gasteiger charge is -2.20. The highest BCUT2D eigenvalue weighted by Gasteiger charge is 2.22. The number of hydrogen-bond acceptors (Lipinski definition) is 6. The molecule has 1 fully saturated rings. The van der Waals surface area contributed by atoms with Gasteiger partial charge in [-0.25, -0.2) is 0 Å². The molecule has 0 aliphatic carbocycles. The predicted octanol–water partition coefficient (Wildman–Crippen LogP) is 2.68. The largest absolute Gasteiger partial charge is 0.371 e. The maximum absolute atomic E-state index is 12.9. The molecule has 2 amide bonds. The van der Waals surface area contributed by atoms with Crippen molar-refractivity contribution < 1.29 is 9.59 Å². The fourth-order valence-corrected chi connectivity index (χ4v) is 3.46. The lowest BCUT2D eigenvalue weighted by Crippen LogP contribution is -2.44. The van der Waals surface area contributed by atoms with E-state index in [0.29, 0.717) is 12.2 Å². The van der Waals surface area contributed by atoms with Crippen molar-refractivity contribution in [1.82, 2.24) is 15.5 Å². The van der Waals surface area contributed by atoms with Crippen LogP contribution in [-0.2, 0) is 4.79 Å². The van der Waals surface area contributed by atoms with Gasteiger partial charge in [-0.15, -0.1) is 10.2 Å². The maximum Gasteiger partial charge on any atom is 0.272 e. The van der Waals surface area contributed by atoms with Crippen LogP contribution in [0.2, 0.25) is 0 Å². The summed E-state index contributed by atoms with van der Waals surface area (Å²) in [6, 6.07) is 10.5. The highest BCUT2D eigenvalue weighted by atomic mass is 16.2. The van der Waals surface area contributed by atoms with Gasteiger partial charge in [0.15, 0.2) is 11.5 Å². The van der Waals surface area contributed by atoms with Gasteiger partial charge in [-0.1, -0.05) is 19.4 Å². The molecule has 0 radical (unpaired) electrons. The summed E-state index contributed by atoms with van der Waals surface area (Å²) in [4.78, 5) is 29.6. The van der Waals surface area contributed by atoms with Crippen LogP contribution in [0.3, 0.4) is 0 Å². The molecule has 0 saturated carbocycles. The minimum Gasteiger partial charge on any atom is -0.371 e. The Balaban J connectivity index is 1.65. The Bertz CT molecular complexity index is 862. The van der Waals surface area contributed by atoms with Crippen LogP contribution in [0.15, 0.2) is 36.4 Å². The van der Waals surface area contributed by atoms with Crippen molar-refractivity contribution in [1.29, 1.82) is 0 Å². The molecule has 8 heteroatoms. The molecule has 1 atom stereocenters. The Labute approximate surface area is 177 Å². The van der Waals surface area contributed by atoms with Crippen LogP contribution in [-0.4, -0.2) is 55.2 Å². The zero-order chi connectivity index (χ0) is 21.5. The number of carbonyl (C=O) groups is 2. The van der Waals surface area contributed by atoms with Gasteiger partial charge in [-0.3, -0.25) is 9.59 Å². The van der Waals surface area contributed by atoms with Crippen molar-refractivity contribution in [2.75, 3.05) is 42.3 Å². The highest BCUT2D eigenvalue weighted by Crippen LogP contribution is 2.23. The summed E-state index contributed by atoms with van der Waals surface area (Å²) in [5.74, 6) is 0.0150. The van der Waals surface area contributed by atoms with Crippen LogP contribution in [0.5, 0.6) is 0 Å². The van der Waals surface area contributed by atoms with E-state index in [-0.39, 0.29) is 11.6 Å². The standard InChI is InChI=1S/C22H30N6O2/c1-4-8-18(24-22(30)19-11-12-20(26-25-19)27(2)3)21(29)23-16-9-7-10-17(15-16)28-13-5-6-14-28/h7,9-12,15,18H,4-6,8,13-14H2,1-3H3,(H,23,29)(H,24,30). The minimum atomic E-state index is -0.645. The summed E-state index contributed by atoms with van der Waals surface area (Å²) in [5.41, 5.74) is 2.03. The van der Waals surface area contributed by atoms with E-state index in [0.717, 1.165) is 30.9 Å². The van der Waals surface area contributed by atoms with Crippen molar-refractivity contribution in [3.63, 3.8) is 0 Å². The molecule has 1 aliphatic heterocycles. The minimum absolute atomic E-state index is 0.186. The molecular formula is C22H30N6O2. The van der Waals surface area contributed by atoms with E-state index in [4.69, 9.17) is 0 Å². The Morgan fingerprint density at radius 2 is 1.90 bits per heavy atom. The molecule has 3 rings (SSSR count). The molecule has 1 saturated heterocycles. The zero-order valence-corrected chi connectivity index (χ0v) is 17.9. The van der Waals surface area contributed by atoms with E-state index in [2.05, 4.69) is 31.8 Å². The van der Waals surface area contributed by atoms with E-state index in [1.54, 1.807) is 17.0 Å². The lowest BCUT2D eigenvalue weighted by molar-refractivity contribution is -0.118. The molecular weight excluding hydrogens is 380 g/mol. The third-order valence-corrected chi connectivity index (χ3v) is 5.13. The molecule has 0 spiro atoms. The van der Waals surface area contributed by atoms with E-state index < -0.39 is 11.9 Å². The predicted molar refractivity (Wildman–Crippen MR) is 119 cm³/mol. The number of amides is 2. The lowest BCUT2D eigenvalue weighted by atomic mass is 10.1. The first-order chi connectivity index (χ1) is 14.5. The number of aromatic nitrogens is 2. The van der Waals surface area contributed by atoms with E-state index >= 15 is 0 Å². The quantitative estimate of drug-likeness (QED) is 0.695. The average molecular weight is 411 g/mol. The number of nitrogens with zero attached hydrogens (tertiary/aromatic N) is 4. The summed E-state index contributed by atoms with van der Waals surface area (Å²) < 4.78 is 0. The van der Waals surface area contributed by atoms with Crippen molar-refractivity contribution in [2.24, 2.45) is 0 Å². The third kappa shape index (κ3) is 5.46. The number of carbonyl (C=O) groups excluding carboxylic acids is 2. The summed E-state index contributed by atoms with van der Waals surface area (Å²) in [7, 11) is 3.70. The molecule has 2 aromatic rings. The zero-order valence-electron chi connectivity index (χ0n) is 17.9. The molecule has 2 N–H and O–H groups in total. The first-order valence-electron chi connectivity index (χ1n) is 10.5. The van der Waals surface area contributed by atoms with Gasteiger partial charge in [0.05, 0.1) is 0 Å². The molecule has 0 bridgehead atoms. The van der Waals surface area contributed by atoms with Gasteiger partial charge in [-0.05, 0) is 49.6 Å². The van der Waals surface area contributed by atoms with Crippen LogP contribution in [0.1, 0.15) is 43.1 Å². The Hall–Kier alpha value is -3.16. The first kappa shape index (κ1) is 21.5. The second-order valence-corrected chi connectivity index (χ2v) is 7.72. The van der Waals surface area contributed by atoms with E-state index in [1.165, 1.54) is 12.8 Å². The van der Waals surface area contributed by atoms with Gasteiger partial charge in [0, 0.05) is 38.6 Å². The second kappa shape index (κ2) is 10.0. The highest BCUT2D eigenvalue weighted by molar-refractivity contribution is 6.00. The average Bonchev–Trinajstić information content (AvgIpc) is 3.28. The maximum atomic E-state index is 12.9. The second-order valence-electron chi connectivity index (χ2n) is 7.72. The van der Waals surface area contributed by atoms with Crippen LogP contribution in [0.4, 0.5) is 17.2 Å². The summed E-state index contributed by atoms with van der Waals surface area (Å²) >= 11 is 0. The van der Waals surface area contributed by atoms with Gasteiger partial charge >= 0.3 is 0 Å². The van der Waals surface area contributed by atoms with E-state index in [1.807, 2.05) is 39.2 Å². The van der Waals surface area contributed by atoms with Crippen LogP contribution >= 0.6 is 0 Å². The first-order valence-corrected chi connectivity index (χ1v) is 10.5. The number of anilines is 3. The molecule has 30 heavy (non-hydrogen) atoms. The van der Waals surface area contributed by atoms with Crippen molar-refractivity contribution in [3.05, 3.63) is 42.1 Å². The van der Waals surface area contributed by atoms with E-state index in [9.17, 15) is 9.59 Å².